The first kappa shape index (κ1) is 8.65. The predicted octanol–water partition coefficient (Wildman–Crippen LogP) is 1.36. The Morgan fingerprint density at radius 2 is 2.22 bits per heavy atom. The molecule has 0 rings (SSSR count). The van der Waals surface area contributed by atoms with E-state index in [1.54, 1.807) is 0 Å². The molecule has 0 amide bonds. The Balaban J connectivity index is 2.83. The molecule has 4 heteroatoms. The van der Waals surface area contributed by atoms with Gasteiger partial charge in [0.25, 0.3) is 0 Å². The number of ether oxygens (including phenoxy) is 2. The van der Waals surface area contributed by atoms with Crippen molar-refractivity contribution in [3.8, 4) is 0 Å². The lowest BCUT2D eigenvalue weighted by molar-refractivity contribution is 0.0902. The maximum Gasteiger partial charge on any atom is 0.400 e. The zero-order valence-corrected chi connectivity index (χ0v) is 6.07. The van der Waals surface area contributed by atoms with Crippen LogP contribution < -0.4 is 0 Å². The van der Waals surface area contributed by atoms with Crippen molar-refractivity contribution in [2.24, 2.45) is 0 Å². The van der Waals surface area contributed by atoms with Crippen molar-refractivity contribution in [2.45, 2.75) is 6.92 Å². The fourth-order valence-corrected chi connectivity index (χ4v) is 0.412. The molecule has 0 spiro atoms. The molecule has 0 aliphatic heterocycles. The van der Waals surface area contributed by atoms with Crippen LogP contribution in [-0.4, -0.2) is 25.1 Å². The molecule has 9 heavy (non-hydrogen) atoms. The standard InChI is InChI=1S/C5H9O3S/c1-2-7-3-4-8-5(6)9/h2-4H2,1H3. The van der Waals surface area contributed by atoms with Gasteiger partial charge in [-0.15, -0.1) is 0 Å². The van der Waals surface area contributed by atoms with E-state index in [1.807, 2.05) is 6.92 Å². The molecule has 0 fully saturated rings. The van der Waals surface area contributed by atoms with E-state index >= 15 is 0 Å². The van der Waals surface area contributed by atoms with Crippen molar-refractivity contribution in [1.29, 1.82) is 0 Å². The van der Waals surface area contributed by atoms with Gasteiger partial charge in [-0.05, 0) is 6.92 Å². The maximum absolute atomic E-state index is 9.94. The molecule has 3 nitrogen and oxygen atoms in total. The molecule has 53 valence electrons. The summed E-state index contributed by atoms with van der Waals surface area (Å²) in [6, 6.07) is 0. The molecule has 0 aromatic carbocycles. The molecule has 0 atom stereocenters. The first-order chi connectivity index (χ1) is 4.27. The Morgan fingerprint density at radius 1 is 1.56 bits per heavy atom. The SMILES string of the molecule is CCOCCOC(=O)[S]. The quantitative estimate of drug-likeness (QED) is 0.447. The number of carbonyl (C=O) groups is 1. The normalized spacial score (nSPS) is 9.00. The van der Waals surface area contributed by atoms with E-state index in [2.05, 4.69) is 17.4 Å². The third-order valence-corrected chi connectivity index (χ3v) is 0.770. The van der Waals surface area contributed by atoms with Gasteiger partial charge < -0.3 is 9.47 Å². The Morgan fingerprint density at radius 3 is 2.67 bits per heavy atom. The van der Waals surface area contributed by atoms with Crippen molar-refractivity contribution in [3.63, 3.8) is 0 Å². The summed E-state index contributed by atoms with van der Waals surface area (Å²) in [5.41, 5.74) is 0. The van der Waals surface area contributed by atoms with Crippen LogP contribution in [0.5, 0.6) is 0 Å². The lowest BCUT2D eigenvalue weighted by Crippen LogP contribution is -2.04. The monoisotopic (exact) mass is 149 g/mol. The zero-order chi connectivity index (χ0) is 7.11. The lowest BCUT2D eigenvalue weighted by atomic mass is 10.7. The summed E-state index contributed by atoms with van der Waals surface area (Å²) >= 11 is 4.11. The summed E-state index contributed by atoms with van der Waals surface area (Å²) in [4.78, 5) is 9.94. The number of carbonyl (C=O) groups excluding carboxylic acids is 1. The van der Waals surface area contributed by atoms with Crippen LogP contribution >= 0.6 is 12.6 Å². The Labute approximate surface area is 59.7 Å². The van der Waals surface area contributed by atoms with Crippen LogP contribution in [0, 0.1) is 0 Å². The third-order valence-electron chi connectivity index (χ3n) is 0.652. The minimum atomic E-state index is -0.672. The second kappa shape index (κ2) is 5.78. The largest absolute Gasteiger partial charge is 0.452 e. The highest BCUT2D eigenvalue weighted by Crippen LogP contribution is 1.85. The number of hydrogen-bond acceptors (Lipinski definition) is 3. The minimum Gasteiger partial charge on any atom is -0.452 e. The van der Waals surface area contributed by atoms with E-state index < -0.39 is 5.30 Å². The van der Waals surface area contributed by atoms with Gasteiger partial charge in [0, 0.05) is 19.2 Å². The highest BCUT2D eigenvalue weighted by Gasteiger charge is 1.92. The predicted molar refractivity (Wildman–Crippen MR) is 35.4 cm³/mol. The van der Waals surface area contributed by atoms with Crippen LogP contribution in [0.15, 0.2) is 0 Å². The average Bonchev–Trinajstić information content (AvgIpc) is 1.80. The minimum absolute atomic E-state index is 0.260. The van der Waals surface area contributed by atoms with Crippen LogP contribution in [-0.2, 0) is 9.47 Å². The topological polar surface area (TPSA) is 35.5 Å². The van der Waals surface area contributed by atoms with Gasteiger partial charge in [-0.25, -0.2) is 4.79 Å². The van der Waals surface area contributed by atoms with Gasteiger partial charge in [0.05, 0.1) is 6.61 Å². The van der Waals surface area contributed by atoms with Crippen LogP contribution in [0.2, 0.25) is 0 Å². The molecule has 1 radical (unpaired) electrons. The van der Waals surface area contributed by atoms with E-state index in [0.717, 1.165) is 0 Å². The number of rotatable bonds is 4. The first-order valence-corrected chi connectivity index (χ1v) is 3.09. The van der Waals surface area contributed by atoms with Gasteiger partial charge in [0.15, 0.2) is 0 Å². The molecule has 0 bridgehead atoms. The van der Waals surface area contributed by atoms with E-state index in [-0.39, 0.29) is 6.61 Å². The Hall–Kier alpha value is -0.350. The van der Waals surface area contributed by atoms with Crippen molar-refractivity contribution < 1.29 is 14.3 Å². The van der Waals surface area contributed by atoms with E-state index in [0.29, 0.717) is 13.2 Å². The highest BCUT2D eigenvalue weighted by molar-refractivity contribution is 7.96. The fourth-order valence-electron chi connectivity index (χ4n) is 0.328. The van der Waals surface area contributed by atoms with Crippen molar-refractivity contribution in [3.05, 3.63) is 0 Å². The van der Waals surface area contributed by atoms with Gasteiger partial charge in [-0.1, -0.05) is 0 Å². The Kier molecular flexibility index (Phi) is 5.56. The molecule has 0 saturated carbocycles. The maximum atomic E-state index is 9.94. The van der Waals surface area contributed by atoms with Gasteiger partial charge in [0.1, 0.15) is 6.61 Å². The molecule has 0 aromatic rings. The van der Waals surface area contributed by atoms with E-state index in [9.17, 15) is 4.79 Å². The van der Waals surface area contributed by atoms with Crippen LogP contribution in [0.4, 0.5) is 4.79 Å². The third kappa shape index (κ3) is 7.65. The summed E-state index contributed by atoms with van der Waals surface area (Å²) in [6.07, 6.45) is 0. The summed E-state index contributed by atoms with van der Waals surface area (Å²) < 4.78 is 9.26. The van der Waals surface area contributed by atoms with Crippen LogP contribution in [0.1, 0.15) is 6.92 Å². The van der Waals surface area contributed by atoms with E-state index in [1.165, 1.54) is 0 Å². The zero-order valence-electron chi connectivity index (χ0n) is 5.25. The van der Waals surface area contributed by atoms with Crippen molar-refractivity contribution >= 4 is 17.9 Å². The highest BCUT2D eigenvalue weighted by atomic mass is 32.1. The second-order valence-electron chi connectivity index (χ2n) is 1.30. The van der Waals surface area contributed by atoms with Crippen LogP contribution in [0.25, 0.3) is 0 Å². The molecule has 0 aliphatic rings. The first-order valence-electron chi connectivity index (χ1n) is 2.69. The smallest absolute Gasteiger partial charge is 0.400 e. The van der Waals surface area contributed by atoms with Gasteiger partial charge >= 0.3 is 5.30 Å². The van der Waals surface area contributed by atoms with Crippen molar-refractivity contribution in [1.82, 2.24) is 0 Å². The van der Waals surface area contributed by atoms with Gasteiger partial charge in [-0.3, -0.25) is 0 Å². The summed E-state index contributed by atoms with van der Waals surface area (Å²) in [5.74, 6) is 0. The molecule has 0 aromatic heterocycles. The van der Waals surface area contributed by atoms with E-state index in [4.69, 9.17) is 4.74 Å². The second-order valence-corrected chi connectivity index (χ2v) is 1.63. The van der Waals surface area contributed by atoms with Crippen molar-refractivity contribution in [2.75, 3.05) is 19.8 Å². The molecule has 0 aliphatic carbocycles. The molecule has 0 saturated heterocycles. The molecule has 0 heterocycles. The summed E-state index contributed by atoms with van der Waals surface area (Å²) in [5, 5.41) is -0.672. The van der Waals surface area contributed by atoms with Crippen LogP contribution in [0.3, 0.4) is 0 Å². The average molecular weight is 149 g/mol. The molecule has 0 N–H and O–H groups in total. The molecule has 0 unspecified atom stereocenters. The number of hydrogen-bond donors (Lipinski definition) is 0. The summed E-state index contributed by atoms with van der Waals surface area (Å²) in [6.45, 7) is 3.19. The lowest BCUT2D eigenvalue weighted by Gasteiger charge is -1.98. The van der Waals surface area contributed by atoms with Gasteiger partial charge in [-0.2, -0.15) is 0 Å². The Bertz CT molecular complexity index is 84.3. The molecular formula is C5H9O3S. The molecular weight excluding hydrogens is 140 g/mol. The van der Waals surface area contributed by atoms with Gasteiger partial charge in [0.2, 0.25) is 0 Å². The fraction of sp³-hybridized carbons (Fsp3) is 0.800. The summed E-state index contributed by atoms with van der Waals surface area (Å²) in [7, 11) is 0.